The Balaban J connectivity index is 1.86. The minimum absolute atomic E-state index is 0.0162. The molecule has 3 rings (SSSR count). The fourth-order valence-electron chi connectivity index (χ4n) is 1.97. The van der Waals surface area contributed by atoms with Gasteiger partial charge in [-0.15, -0.1) is 0 Å². The summed E-state index contributed by atoms with van der Waals surface area (Å²) in [6, 6.07) is 17.6. The highest BCUT2D eigenvalue weighted by Crippen LogP contribution is 2.20. The summed E-state index contributed by atoms with van der Waals surface area (Å²) < 4.78 is 4.75. The van der Waals surface area contributed by atoms with Gasteiger partial charge in [0, 0.05) is 0 Å². The van der Waals surface area contributed by atoms with E-state index in [-0.39, 0.29) is 5.76 Å². The third kappa shape index (κ3) is 2.44. The van der Waals surface area contributed by atoms with E-state index in [0.717, 1.165) is 16.7 Å². The van der Waals surface area contributed by atoms with E-state index in [1.165, 1.54) is 6.08 Å². The number of alkyl carbamates (subject to hydrolysis) is 1. The van der Waals surface area contributed by atoms with Crippen LogP contribution in [0.1, 0.15) is 5.56 Å². The van der Waals surface area contributed by atoms with Crippen LogP contribution in [0.4, 0.5) is 4.79 Å². The molecule has 1 aliphatic rings. The third-order valence-electron chi connectivity index (χ3n) is 2.96. The first kappa shape index (κ1) is 12.2. The van der Waals surface area contributed by atoms with Gasteiger partial charge in [-0.05, 0) is 22.8 Å². The maximum absolute atomic E-state index is 11.4. The van der Waals surface area contributed by atoms with E-state index >= 15 is 0 Å². The predicted octanol–water partition coefficient (Wildman–Crippen LogP) is 2.96. The molecule has 0 bridgehead atoms. The Labute approximate surface area is 115 Å². The summed E-state index contributed by atoms with van der Waals surface area (Å²) in [4.78, 5) is 22.3. The van der Waals surface area contributed by atoms with Gasteiger partial charge in [0.15, 0.2) is 5.76 Å². The van der Waals surface area contributed by atoms with E-state index in [2.05, 4.69) is 5.32 Å². The molecule has 2 amide bonds. The van der Waals surface area contributed by atoms with Gasteiger partial charge in [0.2, 0.25) is 0 Å². The van der Waals surface area contributed by atoms with Crippen LogP contribution in [0.2, 0.25) is 0 Å². The van der Waals surface area contributed by atoms with Gasteiger partial charge in [0.05, 0.1) is 0 Å². The third-order valence-corrected chi connectivity index (χ3v) is 2.96. The standard InChI is InChI=1S/C16H11NO3/c18-15-14(20-16(19)17-15)10-11-6-8-13(9-7-11)12-4-2-1-3-5-12/h1-10H,(H,17,18,19)/b14-10+. The van der Waals surface area contributed by atoms with Crippen LogP contribution in [0.5, 0.6) is 0 Å². The van der Waals surface area contributed by atoms with Crippen molar-refractivity contribution in [2.45, 2.75) is 0 Å². The second kappa shape index (κ2) is 5.01. The van der Waals surface area contributed by atoms with Crippen molar-refractivity contribution < 1.29 is 14.3 Å². The van der Waals surface area contributed by atoms with E-state index in [0.29, 0.717) is 0 Å². The van der Waals surface area contributed by atoms with Gasteiger partial charge in [-0.3, -0.25) is 10.1 Å². The number of imide groups is 1. The zero-order valence-corrected chi connectivity index (χ0v) is 10.5. The second-order valence-electron chi connectivity index (χ2n) is 4.34. The summed E-state index contributed by atoms with van der Waals surface area (Å²) in [5.41, 5.74) is 3.00. The van der Waals surface area contributed by atoms with Crippen molar-refractivity contribution in [2.24, 2.45) is 0 Å². The van der Waals surface area contributed by atoms with Crippen LogP contribution in [0.25, 0.3) is 17.2 Å². The van der Waals surface area contributed by atoms with E-state index < -0.39 is 12.0 Å². The fourth-order valence-corrected chi connectivity index (χ4v) is 1.97. The Bertz CT molecular complexity index is 687. The number of rotatable bonds is 2. The molecule has 4 heteroatoms. The summed E-state index contributed by atoms with van der Waals surface area (Å²) in [7, 11) is 0. The van der Waals surface area contributed by atoms with Gasteiger partial charge in [0.25, 0.3) is 5.91 Å². The first-order valence-corrected chi connectivity index (χ1v) is 6.13. The number of carbonyl (C=O) groups is 2. The second-order valence-corrected chi connectivity index (χ2v) is 4.34. The molecular formula is C16H11NO3. The van der Waals surface area contributed by atoms with E-state index in [1.807, 2.05) is 54.6 Å². The van der Waals surface area contributed by atoms with Crippen molar-refractivity contribution in [3.05, 3.63) is 65.9 Å². The summed E-state index contributed by atoms with van der Waals surface area (Å²) in [5, 5.41) is 2.06. The molecule has 1 N–H and O–H groups in total. The number of cyclic esters (lactones) is 1. The normalized spacial score (nSPS) is 16.1. The molecule has 2 aromatic rings. The molecule has 0 radical (unpaired) electrons. The maximum atomic E-state index is 11.4. The first-order chi connectivity index (χ1) is 9.72. The van der Waals surface area contributed by atoms with Crippen LogP contribution in [-0.2, 0) is 9.53 Å². The summed E-state index contributed by atoms with van der Waals surface area (Å²) in [6.07, 6.45) is 0.803. The molecule has 0 saturated carbocycles. The number of hydrogen-bond acceptors (Lipinski definition) is 3. The largest absolute Gasteiger partial charge is 0.419 e. The number of carbonyl (C=O) groups excluding carboxylic acids is 2. The van der Waals surface area contributed by atoms with Crippen molar-refractivity contribution >= 4 is 18.1 Å². The van der Waals surface area contributed by atoms with E-state index in [1.54, 1.807) is 0 Å². The van der Waals surface area contributed by atoms with Crippen LogP contribution in [0.15, 0.2) is 60.4 Å². The number of nitrogens with one attached hydrogen (secondary N) is 1. The zero-order chi connectivity index (χ0) is 13.9. The minimum atomic E-state index is -0.734. The van der Waals surface area contributed by atoms with Crippen molar-refractivity contribution in [3.8, 4) is 11.1 Å². The van der Waals surface area contributed by atoms with Gasteiger partial charge < -0.3 is 4.74 Å². The molecule has 1 fully saturated rings. The smallest absolute Gasteiger partial charge is 0.404 e. The molecule has 0 aliphatic carbocycles. The van der Waals surface area contributed by atoms with Crippen LogP contribution < -0.4 is 5.32 Å². The Morgan fingerprint density at radius 2 is 1.50 bits per heavy atom. The highest BCUT2D eigenvalue weighted by Gasteiger charge is 2.25. The Hall–Kier alpha value is -2.88. The zero-order valence-electron chi connectivity index (χ0n) is 10.5. The van der Waals surface area contributed by atoms with Crippen LogP contribution in [0.3, 0.4) is 0 Å². The van der Waals surface area contributed by atoms with Gasteiger partial charge in [-0.1, -0.05) is 54.6 Å². The van der Waals surface area contributed by atoms with Gasteiger partial charge >= 0.3 is 6.09 Å². The van der Waals surface area contributed by atoms with Crippen molar-refractivity contribution in [1.82, 2.24) is 5.32 Å². The molecular weight excluding hydrogens is 254 g/mol. The van der Waals surface area contributed by atoms with Crippen molar-refractivity contribution in [1.29, 1.82) is 0 Å². The summed E-state index contributed by atoms with van der Waals surface area (Å²) >= 11 is 0. The van der Waals surface area contributed by atoms with Gasteiger partial charge in [0.1, 0.15) is 0 Å². The van der Waals surface area contributed by atoms with Crippen molar-refractivity contribution in [3.63, 3.8) is 0 Å². The fraction of sp³-hybridized carbons (Fsp3) is 0. The van der Waals surface area contributed by atoms with Crippen LogP contribution in [0, 0.1) is 0 Å². The number of ether oxygens (including phenoxy) is 1. The summed E-state index contributed by atoms with van der Waals surface area (Å²) in [5.74, 6) is -0.496. The molecule has 1 saturated heterocycles. The van der Waals surface area contributed by atoms with Crippen LogP contribution in [-0.4, -0.2) is 12.0 Å². The average Bonchev–Trinajstić information content (AvgIpc) is 2.79. The Morgan fingerprint density at radius 1 is 0.850 bits per heavy atom. The lowest BCUT2D eigenvalue weighted by molar-refractivity contribution is -0.116. The molecule has 1 heterocycles. The van der Waals surface area contributed by atoms with Crippen molar-refractivity contribution in [2.75, 3.05) is 0 Å². The highest BCUT2D eigenvalue weighted by molar-refractivity contribution is 6.09. The summed E-state index contributed by atoms with van der Waals surface area (Å²) in [6.45, 7) is 0. The lowest BCUT2D eigenvalue weighted by Crippen LogP contribution is -2.18. The molecule has 0 aromatic heterocycles. The predicted molar refractivity (Wildman–Crippen MR) is 74.5 cm³/mol. The quantitative estimate of drug-likeness (QED) is 0.849. The van der Waals surface area contributed by atoms with Gasteiger partial charge in [-0.2, -0.15) is 0 Å². The lowest BCUT2D eigenvalue weighted by Gasteiger charge is -2.02. The highest BCUT2D eigenvalue weighted by atomic mass is 16.6. The molecule has 1 aliphatic heterocycles. The molecule has 0 unspecified atom stereocenters. The molecule has 0 spiro atoms. The van der Waals surface area contributed by atoms with Crippen LogP contribution >= 0.6 is 0 Å². The van der Waals surface area contributed by atoms with E-state index in [9.17, 15) is 9.59 Å². The first-order valence-electron chi connectivity index (χ1n) is 6.13. The van der Waals surface area contributed by atoms with E-state index in [4.69, 9.17) is 4.74 Å². The minimum Gasteiger partial charge on any atom is -0.404 e. The topological polar surface area (TPSA) is 55.4 Å². The molecule has 2 aromatic carbocycles. The molecule has 0 atom stereocenters. The number of benzene rings is 2. The molecule has 20 heavy (non-hydrogen) atoms. The maximum Gasteiger partial charge on any atom is 0.419 e. The Morgan fingerprint density at radius 3 is 2.10 bits per heavy atom. The SMILES string of the molecule is O=C1NC(=O)/C(=C\c2ccc(-c3ccccc3)cc2)O1. The Kier molecular flexibility index (Phi) is 3.05. The lowest BCUT2D eigenvalue weighted by atomic mass is 10.0. The monoisotopic (exact) mass is 265 g/mol. The number of hydrogen-bond donors (Lipinski definition) is 1. The molecule has 98 valence electrons. The number of amides is 2. The molecule has 4 nitrogen and oxygen atoms in total. The van der Waals surface area contributed by atoms with Gasteiger partial charge in [-0.25, -0.2) is 4.79 Å². The average molecular weight is 265 g/mol.